The lowest BCUT2D eigenvalue weighted by atomic mass is 9.30. The van der Waals surface area contributed by atoms with Crippen LogP contribution in [0.3, 0.4) is 0 Å². The number of aliphatic hydroxyl groups excluding tert-OH is 6. The highest BCUT2D eigenvalue weighted by atomic mass is 16.7. The molecule has 1 spiro atoms. The van der Waals surface area contributed by atoms with E-state index in [0.717, 1.165) is 32.1 Å². The summed E-state index contributed by atoms with van der Waals surface area (Å²) in [6.45, 7) is 13.1. The summed E-state index contributed by atoms with van der Waals surface area (Å²) in [6, 6.07) is 0. The summed E-state index contributed by atoms with van der Waals surface area (Å²) >= 11 is 0. The van der Waals surface area contributed by atoms with E-state index in [1.165, 1.54) is 6.92 Å². The Morgan fingerprint density at radius 2 is 1.52 bits per heavy atom. The van der Waals surface area contributed by atoms with Gasteiger partial charge in [-0.25, -0.2) is 0 Å². The Hall–Kier alpha value is -0.890. The van der Waals surface area contributed by atoms with Crippen LogP contribution < -0.4 is 0 Å². The van der Waals surface area contributed by atoms with Gasteiger partial charge in [0.15, 0.2) is 6.29 Å². The van der Waals surface area contributed by atoms with Gasteiger partial charge in [-0.2, -0.15) is 0 Å². The van der Waals surface area contributed by atoms with Crippen molar-refractivity contribution in [3.05, 3.63) is 0 Å². The lowest BCUT2D eigenvalue weighted by Crippen LogP contribution is -2.75. The van der Waals surface area contributed by atoms with Crippen LogP contribution >= 0.6 is 0 Å². The summed E-state index contributed by atoms with van der Waals surface area (Å²) < 4.78 is 24.6. The maximum absolute atomic E-state index is 12.2. The van der Waals surface area contributed by atoms with Crippen LogP contribution in [-0.4, -0.2) is 112 Å². The van der Waals surface area contributed by atoms with Gasteiger partial charge >= 0.3 is 5.97 Å². The zero-order chi connectivity index (χ0) is 34.9. The number of fused-ring (bicyclic) bond motifs is 4. The second-order valence-electron chi connectivity index (χ2n) is 18.6. The van der Waals surface area contributed by atoms with E-state index in [4.69, 9.17) is 18.9 Å². The maximum Gasteiger partial charge on any atom is 0.302 e. The Kier molecular flexibility index (Phi) is 8.36. The molecule has 5 saturated carbocycles. The molecule has 0 aromatic rings. The fourth-order valence-electron chi connectivity index (χ4n) is 13.8. The topological polar surface area (TPSA) is 175 Å². The molecule has 17 atom stereocenters. The van der Waals surface area contributed by atoms with Crippen molar-refractivity contribution in [1.82, 2.24) is 0 Å². The first-order valence-electron chi connectivity index (χ1n) is 18.4. The molecular weight excluding hydrogens is 620 g/mol. The van der Waals surface area contributed by atoms with Crippen LogP contribution in [-0.2, 0) is 23.7 Å². The number of rotatable bonds is 5. The average Bonchev–Trinajstić information content (AvgIpc) is 3.31. The average molecular weight is 681 g/mol. The van der Waals surface area contributed by atoms with Crippen molar-refractivity contribution in [2.45, 2.75) is 148 Å². The van der Waals surface area contributed by atoms with Crippen molar-refractivity contribution >= 4 is 5.97 Å². The third-order valence-corrected chi connectivity index (χ3v) is 16.5. The smallest absolute Gasteiger partial charge is 0.302 e. The molecule has 4 unspecified atom stereocenters. The first-order chi connectivity index (χ1) is 22.4. The third kappa shape index (κ3) is 4.41. The van der Waals surface area contributed by atoms with Crippen molar-refractivity contribution in [3.63, 3.8) is 0 Å². The van der Waals surface area contributed by atoms with Crippen molar-refractivity contribution in [2.75, 3.05) is 26.4 Å². The molecule has 0 aromatic heterocycles. The molecule has 2 heterocycles. The van der Waals surface area contributed by atoms with E-state index >= 15 is 0 Å². The highest BCUT2D eigenvalue weighted by Gasteiger charge is 2.81. The van der Waals surface area contributed by atoms with Crippen LogP contribution in [0.25, 0.3) is 0 Å². The molecule has 2 bridgehead atoms. The molecule has 5 aliphatic carbocycles. The number of hydrogen-bond donors (Lipinski definition) is 6. The summed E-state index contributed by atoms with van der Waals surface area (Å²) in [5, 5.41) is 66.0. The van der Waals surface area contributed by atoms with Crippen LogP contribution in [0.2, 0.25) is 0 Å². The van der Waals surface area contributed by atoms with Crippen molar-refractivity contribution in [3.8, 4) is 0 Å². The van der Waals surface area contributed by atoms with Gasteiger partial charge in [0.1, 0.15) is 18.3 Å². The van der Waals surface area contributed by atoms with Crippen LogP contribution in [0.4, 0.5) is 0 Å². The second-order valence-corrected chi connectivity index (χ2v) is 18.6. The molecule has 2 saturated heterocycles. The SMILES string of the molecule is CC(=O)OCC1(C)CC2[C@]3(CO[C@@]24CCC2[C@@]5(C)CC[C@H](O[C@@H]6OC[C@@H](O)[C@H](O)[C@H]6O)[C@@](C)(CO)C5CC[C@@]2(C)[C@]4(C)C[C@H]3O)[C@@H](O)C1. The first-order valence-corrected chi connectivity index (χ1v) is 18.4. The number of hydrogen-bond acceptors (Lipinski definition) is 11. The van der Waals surface area contributed by atoms with Crippen molar-refractivity contribution in [1.29, 1.82) is 0 Å². The molecule has 48 heavy (non-hydrogen) atoms. The number of carbonyl (C=O) groups excluding carboxylic acids is 1. The Morgan fingerprint density at radius 1 is 0.833 bits per heavy atom. The Labute approximate surface area is 284 Å². The number of aliphatic hydroxyl groups is 6. The van der Waals surface area contributed by atoms with E-state index in [-0.39, 0.29) is 59.8 Å². The van der Waals surface area contributed by atoms with E-state index in [0.29, 0.717) is 32.3 Å². The Bertz CT molecular complexity index is 1280. The molecular formula is C37H60O11. The van der Waals surface area contributed by atoms with Crippen LogP contribution in [0.15, 0.2) is 0 Å². The first kappa shape index (κ1) is 35.5. The standard InChI is InChI=1S/C37H60O11/c1-20(39)46-18-31(2)13-24-36(25(41)14-31)19-47-37(24)12-8-23-32(3)10-9-27(48-30-29(44)28(43)21(40)16-45-30)33(4,17-38)22(32)7-11-34(23,5)35(37,6)15-26(36)42/h21-30,38,40-44H,7-19H2,1-6H3/t21-,22?,23?,24?,25+,26-,27+,28+,29-,30+,31?,32+,33+,34-,35+,36-,37+/m1/s1. The Morgan fingerprint density at radius 3 is 2.21 bits per heavy atom. The molecule has 7 aliphatic rings. The quantitative estimate of drug-likeness (QED) is 0.186. The van der Waals surface area contributed by atoms with Crippen LogP contribution in [0, 0.1) is 50.2 Å². The van der Waals surface area contributed by atoms with Gasteiger partial charge in [-0.3, -0.25) is 4.79 Å². The van der Waals surface area contributed by atoms with Gasteiger partial charge in [0.2, 0.25) is 0 Å². The zero-order valence-corrected chi connectivity index (χ0v) is 29.7. The highest BCUT2D eigenvalue weighted by Crippen LogP contribution is 2.80. The molecule has 11 nitrogen and oxygen atoms in total. The zero-order valence-electron chi connectivity index (χ0n) is 29.7. The fourth-order valence-corrected chi connectivity index (χ4v) is 13.8. The number of carbonyl (C=O) groups is 1. The van der Waals surface area contributed by atoms with E-state index in [9.17, 15) is 35.4 Å². The molecule has 0 radical (unpaired) electrons. The van der Waals surface area contributed by atoms with Gasteiger partial charge in [-0.15, -0.1) is 0 Å². The lowest BCUT2D eigenvalue weighted by Gasteiger charge is -2.75. The van der Waals surface area contributed by atoms with Gasteiger partial charge in [0, 0.05) is 29.1 Å². The molecule has 0 aromatic carbocycles. The minimum Gasteiger partial charge on any atom is -0.465 e. The van der Waals surface area contributed by atoms with Crippen molar-refractivity contribution in [2.24, 2.45) is 50.2 Å². The van der Waals surface area contributed by atoms with E-state index in [1.807, 2.05) is 0 Å². The van der Waals surface area contributed by atoms with Gasteiger partial charge in [0.25, 0.3) is 0 Å². The highest BCUT2D eigenvalue weighted by molar-refractivity contribution is 5.65. The molecule has 0 amide bonds. The van der Waals surface area contributed by atoms with Gasteiger partial charge in [-0.05, 0) is 80.5 Å². The minimum absolute atomic E-state index is 0.0750. The number of esters is 1. The monoisotopic (exact) mass is 680 g/mol. The van der Waals surface area contributed by atoms with E-state index < -0.39 is 64.8 Å². The van der Waals surface area contributed by atoms with Crippen LogP contribution in [0.5, 0.6) is 0 Å². The minimum atomic E-state index is -1.39. The molecule has 11 heteroatoms. The summed E-state index contributed by atoms with van der Waals surface area (Å²) in [5.41, 5.74) is -3.06. The largest absolute Gasteiger partial charge is 0.465 e. The van der Waals surface area contributed by atoms with Crippen LogP contribution in [0.1, 0.15) is 99.3 Å². The summed E-state index contributed by atoms with van der Waals surface area (Å²) in [6.07, 6.45) is -0.210. The molecule has 2 aliphatic heterocycles. The van der Waals surface area contributed by atoms with Crippen molar-refractivity contribution < 1.29 is 54.4 Å². The summed E-state index contributed by atoms with van der Waals surface area (Å²) in [4.78, 5) is 11.8. The second kappa shape index (κ2) is 11.3. The third-order valence-electron chi connectivity index (χ3n) is 16.5. The van der Waals surface area contributed by atoms with E-state index in [2.05, 4.69) is 34.6 Å². The predicted molar refractivity (Wildman–Crippen MR) is 172 cm³/mol. The molecule has 7 fully saturated rings. The van der Waals surface area contributed by atoms with E-state index in [1.54, 1.807) is 0 Å². The predicted octanol–water partition coefficient (Wildman–Crippen LogP) is 2.30. The van der Waals surface area contributed by atoms with Gasteiger partial charge in [-0.1, -0.05) is 34.6 Å². The molecule has 7 rings (SSSR count). The normalized spacial score (nSPS) is 59.1. The molecule has 6 N–H and O–H groups in total. The number of ether oxygens (including phenoxy) is 4. The fraction of sp³-hybridized carbons (Fsp3) is 0.973. The lowest BCUT2D eigenvalue weighted by molar-refractivity contribution is -0.327. The Balaban J connectivity index is 1.20. The summed E-state index contributed by atoms with van der Waals surface area (Å²) in [5.74, 6) is -0.0105. The molecule has 274 valence electrons. The van der Waals surface area contributed by atoms with Gasteiger partial charge < -0.3 is 49.6 Å². The van der Waals surface area contributed by atoms with Gasteiger partial charge in [0.05, 0.1) is 55.8 Å². The summed E-state index contributed by atoms with van der Waals surface area (Å²) in [7, 11) is 0. The maximum atomic E-state index is 12.2.